The summed E-state index contributed by atoms with van der Waals surface area (Å²) in [5.41, 5.74) is 1.33. The third-order valence-corrected chi connectivity index (χ3v) is 4.73. The van der Waals surface area contributed by atoms with Gasteiger partial charge in [-0.2, -0.15) is 0 Å². The van der Waals surface area contributed by atoms with Crippen molar-refractivity contribution in [1.29, 1.82) is 0 Å². The molecule has 1 saturated carbocycles. The fraction of sp³-hybridized carbons (Fsp3) is 0.688. The van der Waals surface area contributed by atoms with E-state index in [2.05, 4.69) is 41.3 Å². The van der Waals surface area contributed by atoms with Gasteiger partial charge in [0.15, 0.2) is 5.01 Å². The van der Waals surface area contributed by atoms with Crippen LogP contribution in [0.25, 0.3) is 10.9 Å². The topological polar surface area (TPSA) is 51.8 Å². The van der Waals surface area contributed by atoms with Crippen LogP contribution in [-0.4, -0.2) is 15.2 Å². The Balaban J connectivity index is 1.68. The molecule has 0 radical (unpaired) electrons. The highest BCUT2D eigenvalue weighted by atomic mass is 32.1. The zero-order chi connectivity index (χ0) is 14.9. The van der Waals surface area contributed by atoms with E-state index in [0.29, 0.717) is 11.8 Å². The molecule has 4 nitrogen and oxygen atoms in total. The maximum Gasteiger partial charge on any atom is 0.276 e. The zero-order valence-electron chi connectivity index (χ0n) is 13.1. The Hall–Kier alpha value is -1.23. The van der Waals surface area contributed by atoms with E-state index in [1.807, 2.05) is 0 Å². The van der Waals surface area contributed by atoms with Crippen molar-refractivity contribution in [3.05, 3.63) is 17.0 Å². The Morgan fingerprint density at radius 2 is 2.00 bits per heavy atom. The molecule has 3 rings (SSSR count). The lowest BCUT2D eigenvalue weighted by molar-refractivity contribution is 0.357. The predicted molar refractivity (Wildman–Crippen MR) is 84.2 cm³/mol. The van der Waals surface area contributed by atoms with E-state index in [-0.39, 0.29) is 5.41 Å². The lowest BCUT2D eigenvalue weighted by atomic mass is 9.92. The monoisotopic (exact) mass is 305 g/mol. The molecule has 5 heteroatoms. The first-order chi connectivity index (χ1) is 9.99. The van der Waals surface area contributed by atoms with E-state index in [0.717, 1.165) is 23.8 Å². The molecule has 0 unspecified atom stereocenters. The summed E-state index contributed by atoms with van der Waals surface area (Å²) in [4.78, 5) is 4.68. The van der Waals surface area contributed by atoms with Crippen LogP contribution >= 0.6 is 11.3 Å². The van der Waals surface area contributed by atoms with Crippen LogP contribution in [0.1, 0.15) is 58.0 Å². The highest BCUT2D eigenvalue weighted by molar-refractivity contribution is 7.13. The molecular formula is C16H23N3OS. The maximum atomic E-state index is 5.75. The molecule has 0 N–H and O–H groups in total. The van der Waals surface area contributed by atoms with E-state index >= 15 is 0 Å². The number of hydrogen-bond donors (Lipinski definition) is 0. The van der Waals surface area contributed by atoms with Crippen LogP contribution in [0.3, 0.4) is 0 Å². The normalized spacial score (nSPS) is 16.7. The largest absolute Gasteiger partial charge is 0.419 e. The molecule has 0 spiro atoms. The first-order valence-electron chi connectivity index (χ1n) is 7.77. The van der Waals surface area contributed by atoms with Crippen molar-refractivity contribution in [3.8, 4) is 10.9 Å². The van der Waals surface area contributed by atoms with Crippen molar-refractivity contribution in [2.75, 3.05) is 0 Å². The SMILES string of the molecule is CC(C)(C)Cc1nnc(-c2nc(CC3CCCC3)cs2)o1. The lowest BCUT2D eigenvalue weighted by Crippen LogP contribution is -2.09. The van der Waals surface area contributed by atoms with Gasteiger partial charge in [-0.3, -0.25) is 0 Å². The molecule has 0 saturated heterocycles. The lowest BCUT2D eigenvalue weighted by Gasteiger charge is -2.14. The van der Waals surface area contributed by atoms with Crippen LogP contribution in [0.2, 0.25) is 0 Å². The number of thiazole rings is 1. The van der Waals surface area contributed by atoms with E-state index in [4.69, 9.17) is 4.42 Å². The summed E-state index contributed by atoms with van der Waals surface area (Å²) in [7, 11) is 0. The molecular weight excluding hydrogens is 282 g/mol. The molecule has 0 amide bonds. The Labute approximate surface area is 130 Å². The molecule has 1 fully saturated rings. The fourth-order valence-corrected chi connectivity index (χ4v) is 3.62. The number of hydrogen-bond acceptors (Lipinski definition) is 5. The summed E-state index contributed by atoms with van der Waals surface area (Å²) in [6, 6.07) is 0. The van der Waals surface area contributed by atoms with Crippen molar-refractivity contribution in [2.24, 2.45) is 11.3 Å². The Morgan fingerprint density at radius 3 is 2.71 bits per heavy atom. The van der Waals surface area contributed by atoms with Crippen molar-refractivity contribution < 1.29 is 4.42 Å². The molecule has 0 bridgehead atoms. The molecule has 2 aromatic heterocycles. The standard InChI is InChI=1S/C16H23N3OS/c1-16(2,3)9-13-18-19-14(20-13)15-17-12(10-21-15)8-11-6-4-5-7-11/h10-11H,4-9H2,1-3H3. The molecule has 1 aliphatic carbocycles. The summed E-state index contributed by atoms with van der Waals surface area (Å²) >= 11 is 1.61. The number of rotatable bonds is 4. The van der Waals surface area contributed by atoms with Gasteiger partial charge in [0, 0.05) is 11.8 Å². The minimum absolute atomic E-state index is 0.153. The molecule has 0 aliphatic heterocycles. The molecule has 114 valence electrons. The second-order valence-corrected chi connectivity index (χ2v) is 8.10. The van der Waals surface area contributed by atoms with Gasteiger partial charge < -0.3 is 4.42 Å². The van der Waals surface area contributed by atoms with Crippen molar-refractivity contribution >= 4 is 11.3 Å². The second-order valence-electron chi connectivity index (χ2n) is 7.24. The average molecular weight is 305 g/mol. The quantitative estimate of drug-likeness (QED) is 0.833. The first-order valence-corrected chi connectivity index (χ1v) is 8.65. The van der Waals surface area contributed by atoms with Crippen molar-refractivity contribution in [1.82, 2.24) is 15.2 Å². The van der Waals surface area contributed by atoms with E-state index < -0.39 is 0 Å². The molecule has 0 aromatic carbocycles. The molecule has 2 heterocycles. The highest BCUT2D eigenvalue weighted by Crippen LogP contribution is 2.30. The van der Waals surface area contributed by atoms with Gasteiger partial charge >= 0.3 is 0 Å². The number of aromatic nitrogens is 3. The summed E-state index contributed by atoms with van der Waals surface area (Å²) in [5, 5.41) is 11.3. The summed E-state index contributed by atoms with van der Waals surface area (Å²) < 4.78 is 5.75. The van der Waals surface area contributed by atoms with Gasteiger partial charge in [0.25, 0.3) is 5.89 Å². The van der Waals surface area contributed by atoms with E-state index in [1.54, 1.807) is 11.3 Å². The van der Waals surface area contributed by atoms with E-state index in [1.165, 1.54) is 31.4 Å². The first kappa shape index (κ1) is 14.7. The Morgan fingerprint density at radius 1 is 1.24 bits per heavy atom. The smallest absolute Gasteiger partial charge is 0.276 e. The van der Waals surface area contributed by atoms with Gasteiger partial charge in [0.05, 0.1) is 5.69 Å². The zero-order valence-corrected chi connectivity index (χ0v) is 13.9. The summed E-state index contributed by atoms with van der Waals surface area (Å²) in [5.74, 6) is 2.08. The number of nitrogens with zero attached hydrogens (tertiary/aromatic N) is 3. The minimum Gasteiger partial charge on any atom is -0.419 e. The van der Waals surface area contributed by atoms with Crippen LogP contribution in [0.4, 0.5) is 0 Å². The van der Waals surface area contributed by atoms with Gasteiger partial charge in [-0.1, -0.05) is 46.5 Å². The summed E-state index contributed by atoms with van der Waals surface area (Å²) in [6.45, 7) is 6.50. The van der Waals surface area contributed by atoms with Crippen LogP contribution in [0, 0.1) is 11.3 Å². The Kier molecular flexibility index (Phi) is 4.11. The second kappa shape index (κ2) is 5.87. The molecule has 2 aromatic rings. The van der Waals surface area contributed by atoms with Gasteiger partial charge in [-0.05, 0) is 17.8 Å². The van der Waals surface area contributed by atoms with Crippen LogP contribution < -0.4 is 0 Å². The summed E-state index contributed by atoms with van der Waals surface area (Å²) in [6.07, 6.45) is 7.34. The molecule has 0 atom stereocenters. The van der Waals surface area contributed by atoms with Crippen LogP contribution in [-0.2, 0) is 12.8 Å². The molecule has 21 heavy (non-hydrogen) atoms. The van der Waals surface area contributed by atoms with Gasteiger partial charge in [0.1, 0.15) is 0 Å². The third-order valence-electron chi connectivity index (χ3n) is 3.86. The van der Waals surface area contributed by atoms with Gasteiger partial charge in [0.2, 0.25) is 5.89 Å². The average Bonchev–Trinajstić information content (AvgIpc) is 3.08. The van der Waals surface area contributed by atoms with E-state index in [9.17, 15) is 0 Å². The van der Waals surface area contributed by atoms with Gasteiger partial charge in [-0.15, -0.1) is 21.5 Å². The predicted octanol–water partition coefficient (Wildman–Crippen LogP) is 4.51. The highest BCUT2D eigenvalue weighted by Gasteiger charge is 2.20. The minimum atomic E-state index is 0.153. The van der Waals surface area contributed by atoms with Crippen LogP contribution in [0.5, 0.6) is 0 Å². The van der Waals surface area contributed by atoms with Crippen LogP contribution in [0.15, 0.2) is 9.80 Å². The van der Waals surface area contributed by atoms with Crippen molar-refractivity contribution in [3.63, 3.8) is 0 Å². The maximum absolute atomic E-state index is 5.75. The third kappa shape index (κ3) is 3.90. The van der Waals surface area contributed by atoms with Gasteiger partial charge in [-0.25, -0.2) is 4.98 Å². The molecule has 1 aliphatic rings. The Bertz CT molecular complexity index is 591. The fourth-order valence-electron chi connectivity index (χ4n) is 2.87. The van der Waals surface area contributed by atoms with Crippen molar-refractivity contribution in [2.45, 2.75) is 59.3 Å².